The third-order valence-corrected chi connectivity index (χ3v) is 4.54. The van der Waals surface area contributed by atoms with E-state index in [1.54, 1.807) is 7.11 Å². The van der Waals surface area contributed by atoms with E-state index in [-0.39, 0.29) is 0 Å². The average Bonchev–Trinajstić information content (AvgIpc) is 3.10. The third kappa shape index (κ3) is 4.25. The summed E-state index contributed by atoms with van der Waals surface area (Å²) < 4.78 is 12.7. The Labute approximate surface area is 155 Å². The number of nitrogens with zero attached hydrogens (tertiary/aromatic N) is 4. The molecule has 6 heteroatoms. The summed E-state index contributed by atoms with van der Waals surface area (Å²) in [6.45, 7) is 4.24. The number of aryl methyl sites for hydroxylation is 1. The molecule has 0 amide bonds. The van der Waals surface area contributed by atoms with E-state index in [2.05, 4.69) is 29.9 Å². The molecule has 6 nitrogen and oxygen atoms in total. The number of fused-ring (bicyclic) bond motifs is 1. The molecule has 0 unspecified atom stereocenters. The van der Waals surface area contributed by atoms with Gasteiger partial charge >= 0.3 is 0 Å². The number of hydrogen-bond acceptors (Lipinski definition) is 4. The molecule has 2 heterocycles. The predicted octanol–water partition coefficient (Wildman–Crippen LogP) is 3.29. The minimum absolute atomic E-state index is 0.555. The first-order chi connectivity index (χ1) is 12.7. The maximum atomic E-state index is 5.62. The van der Waals surface area contributed by atoms with Crippen LogP contribution in [0.5, 0.6) is 5.75 Å². The molecular formula is C20H28N4O2. The zero-order valence-corrected chi connectivity index (χ0v) is 15.9. The van der Waals surface area contributed by atoms with Crippen LogP contribution < -0.4 is 9.75 Å². The molecule has 0 radical (unpaired) electrons. The van der Waals surface area contributed by atoms with Gasteiger partial charge < -0.3 is 9.47 Å². The lowest BCUT2D eigenvalue weighted by atomic mass is 10.2. The minimum Gasteiger partial charge on any atom is -0.491 e. The highest BCUT2D eigenvalue weighted by Gasteiger charge is 2.21. The SMILES string of the molecule is CCCCN=C1CCc2nc(-c3ccc(OCCOC)cc3)cn2N1C. The van der Waals surface area contributed by atoms with E-state index in [4.69, 9.17) is 19.5 Å². The van der Waals surface area contributed by atoms with Crippen molar-refractivity contribution in [1.82, 2.24) is 9.66 Å². The summed E-state index contributed by atoms with van der Waals surface area (Å²) >= 11 is 0. The van der Waals surface area contributed by atoms with Crippen LogP contribution in [0, 0.1) is 0 Å². The number of unbranched alkanes of at least 4 members (excludes halogenated alkanes) is 1. The zero-order valence-electron chi connectivity index (χ0n) is 15.9. The number of aliphatic imine (C=N–C) groups is 1. The number of rotatable bonds is 8. The highest BCUT2D eigenvalue weighted by Crippen LogP contribution is 2.24. The zero-order chi connectivity index (χ0) is 18.4. The van der Waals surface area contributed by atoms with Gasteiger partial charge in [-0.15, -0.1) is 0 Å². The van der Waals surface area contributed by atoms with Gasteiger partial charge in [-0.3, -0.25) is 10.0 Å². The third-order valence-electron chi connectivity index (χ3n) is 4.54. The second-order valence-electron chi connectivity index (χ2n) is 6.43. The van der Waals surface area contributed by atoms with Gasteiger partial charge in [0.15, 0.2) is 0 Å². The molecule has 0 bridgehead atoms. The van der Waals surface area contributed by atoms with Crippen molar-refractivity contribution in [1.29, 1.82) is 0 Å². The van der Waals surface area contributed by atoms with Gasteiger partial charge in [-0.2, -0.15) is 0 Å². The standard InChI is InChI=1S/C20H28N4O2/c1-4-5-12-21-19-10-11-20-22-18(15-24(20)23(19)2)16-6-8-17(9-7-16)26-14-13-25-3/h6-9,15H,4-5,10-14H2,1-3H3. The Kier molecular flexibility index (Phi) is 6.28. The number of ether oxygens (including phenoxy) is 2. The van der Waals surface area contributed by atoms with Crippen LogP contribution in [0.2, 0.25) is 0 Å². The maximum absolute atomic E-state index is 5.62. The van der Waals surface area contributed by atoms with Crippen LogP contribution >= 0.6 is 0 Å². The molecule has 3 rings (SSSR count). The molecule has 0 spiro atoms. The topological polar surface area (TPSA) is 51.9 Å². The van der Waals surface area contributed by atoms with Crippen molar-refractivity contribution in [3.8, 4) is 17.0 Å². The van der Waals surface area contributed by atoms with Gasteiger partial charge in [0.1, 0.15) is 24.0 Å². The lowest BCUT2D eigenvalue weighted by Gasteiger charge is -2.28. The van der Waals surface area contributed by atoms with E-state index in [0.29, 0.717) is 13.2 Å². The van der Waals surface area contributed by atoms with E-state index >= 15 is 0 Å². The molecule has 1 aliphatic heterocycles. The number of benzene rings is 1. The van der Waals surface area contributed by atoms with Crippen molar-refractivity contribution in [2.24, 2.45) is 4.99 Å². The van der Waals surface area contributed by atoms with Crippen molar-refractivity contribution < 1.29 is 9.47 Å². The van der Waals surface area contributed by atoms with Gasteiger partial charge in [-0.25, -0.2) is 9.66 Å². The minimum atomic E-state index is 0.555. The summed E-state index contributed by atoms with van der Waals surface area (Å²) in [4.78, 5) is 9.56. The molecule has 1 aromatic heterocycles. The molecule has 0 fully saturated rings. The first-order valence-electron chi connectivity index (χ1n) is 9.30. The number of methoxy groups -OCH3 is 1. The van der Waals surface area contributed by atoms with Gasteiger partial charge in [0, 0.05) is 39.1 Å². The van der Waals surface area contributed by atoms with Crippen molar-refractivity contribution in [2.45, 2.75) is 32.6 Å². The van der Waals surface area contributed by atoms with Gasteiger partial charge in [0.2, 0.25) is 0 Å². The van der Waals surface area contributed by atoms with Crippen LogP contribution in [0.3, 0.4) is 0 Å². The second kappa shape index (κ2) is 8.85. The summed E-state index contributed by atoms with van der Waals surface area (Å²) in [6.07, 6.45) is 6.27. The van der Waals surface area contributed by atoms with E-state index < -0.39 is 0 Å². The molecule has 2 aromatic rings. The Hall–Kier alpha value is -2.34. The quantitative estimate of drug-likeness (QED) is 0.681. The predicted molar refractivity (Wildman–Crippen MR) is 105 cm³/mol. The van der Waals surface area contributed by atoms with Crippen LogP contribution in [0.4, 0.5) is 0 Å². The molecule has 0 atom stereocenters. The van der Waals surface area contributed by atoms with Crippen molar-refractivity contribution in [3.05, 3.63) is 36.3 Å². The van der Waals surface area contributed by atoms with E-state index in [9.17, 15) is 0 Å². The molecule has 0 saturated heterocycles. The summed E-state index contributed by atoms with van der Waals surface area (Å²) in [5, 5.41) is 2.12. The monoisotopic (exact) mass is 356 g/mol. The van der Waals surface area contributed by atoms with Gasteiger partial charge in [0.05, 0.1) is 18.5 Å². The van der Waals surface area contributed by atoms with Crippen molar-refractivity contribution >= 4 is 5.84 Å². The number of hydrogen-bond donors (Lipinski definition) is 0. The molecule has 0 aliphatic carbocycles. The van der Waals surface area contributed by atoms with Crippen molar-refractivity contribution in [2.75, 3.05) is 38.9 Å². The van der Waals surface area contributed by atoms with E-state index in [1.807, 2.05) is 24.3 Å². The second-order valence-corrected chi connectivity index (χ2v) is 6.43. The van der Waals surface area contributed by atoms with Crippen LogP contribution in [0.15, 0.2) is 35.5 Å². The lowest BCUT2D eigenvalue weighted by Crippen LogP contribution is -2.41. The number of amidine groups is 1. The van der Waals surface area contributed by atoms with Crippen molar-refractivity contribution in [3.63, 3.8) is 0 Å². The normalized spacial score (nSPS) is 15.3. The van der Waals surface area contributed by atoms with Gasteiger partial charge in [0.25, 0.3) is 0 Å². The van der Waals surface area contributed by atoms with Gasteiger partial charge in [-0.1, -0.05) is 13.3 Å². The Morgan fingerprint density at radius 3 is 2.69 bits per heavy atom. The smallest absolute Gasteiger partial charge is 0.129 e. The Balaban J connectivity index is 1.72. The molecule has 0 saturated carbocycles. The van der Waals surface area contributed by atoms with Crippen LogP contribution in [0.1, 0.15) is 32.0 Å². The molecule has 26 heavy (non-hydrogen) atoms. The molecule has 0 N–H and O–H groups in total. The van der Waals surface area contributed by atoms with E-state index in [0.717, 1.165) is 54.5 Å². The number of imidazole rings is 1. The van der Waals surface area contributed by atoms with Gasteiger partial charge in [-0.05, 0) is 30.7 Å². The Bertz CT molecular complexity index is 737. The Morgan fingerprint density at radius 1 is 1.15 bits per heavy atom. The number of aromatic nitrogens is 2. The lowest BCUT2D eigenvalue weighted by molar-refractivity contribution is 0.146. The molecule has 1 aliphatic rings. The molecule has 1 aromatic carbocycles. The fraction of sp³-hybridized carbons (Fsp3) is 0.500. The summed E-state index contributed by atoms with van der Waals surface area (Å²) in [6, 6.07) is 8.05. The highest BCUT2D eigenvalue weighted by molar-refractivity contribution is 5.92. The Morgan fingerprint density at radius 2 is 1.96 bits per heavy atom. The summed E-state index contributed by atoms with van der Waals surface area (Å²) in [5.74, 6) is 3.06. The van der Waals surface area contributed by atoms with E-state index in [1.165, 1.54) is 6.42 Å². The fourth-order valence-corrected chi connectivity index (χ4v) is 3.00. The van der Waals surface area contributed by atoms with Crippen LogP contribution in [-0.2, 0) is 11.2 Å². The maximum Gasteiger partial charge on any atom is 0.129 e. The molecule has 140 valence electrons. The highest BCUT2D eigenvalue weighted by atomic mass is 16.5. The first kappa shape index (κ1) is 18.5. The average molecular weight is 356 g/mol. The summed E-state index contributed by atoms with van der Waals surface area (Å²) in [5.41, 5.74) is 2.06. The molecular weight excluding hydrogens is 328 g/mol. The summed E-state index contributed by atoms with van der Waals surface area (Å²) in [7, 11) is 3.73. The largest absolute Gasteiger partial charge is 0.491 e. The first-order valence-corrected chi connectivity index (χ1v) is 9.30. The van der Waals surface area contributed by atoms with Crippen LogP contribution in [-0.4, -0.2) is 49.4 Å². The fourth-order valence-electron chi connectivity index (χ4n) is 3.00. The van der Waals surface area contributed by atoms with Crippen LogP contribution in [0.25, 0.3) is 11.3 Å².